The zero-order chi connectivity index (χ0) is 22.3. The third-order valence-corrected chi connectivity index (χ3v) is 6.90. The van der Waals surface area contributed by atoms with E-state index in [1.165, 1.54) is 5.56 Å². The molecule has 2 fully saturated rings. The first-order chi connectivity index (χ1) is 15.7. The van der Waals surface area contributed by atoms with E-state index in [1.807, 2.05) is 30.5 Å². The number of piperidine rings is 1. The minimum atomic E-state index is -0.0440. The second-order valence-corrected chi connectivity index (χ2v) is 9.05. The summed E-state index contributed by atoms with van der Waals surface area (Å²) in [5.41, 5.74) is 2.17. The summed E-state index contributed by atoms with van der Waals surface area (Å²) in [4.78, 5) is 20.1. The molecule has 1 aromatic heterocycles. The number of aromatic nitrogens is 1. The lowest BCUT2D eigenvalue weighted by Gasteiger charge is -2.37. The molecular formula is C26H35N3O3. The van der Waals surface area contributed by atoms with E-state index >= 15 is 0 Å². The molecule has 6 nitrogen and oxygen atoms in total. The summed E-state index contributed by atoms with van der Waals surface area (Å²) in [6.45, 7) is 2.83. The van der Waals surface area contributed by atoms with Gasteiger partial charge in [0.15, 0.2) is 11.5 Å². The molecule has 0 spiro atoms. The van der Waals surface area contributed by atoms with Gasteiger partial charge in [0.1, 0.15) is 0 Å². The molecule has 1 aliphatic carbocycles. The molecule has 6 heteroatoms. The lowest BCUT2D eigenvalue weighted by molar-refractivity contribution is -0.126. The van der Waals surface area contributed by atoms with Gasteiger partial charge < -0.3 is 14.8 Å². The van der Waals surface area contributed by atoms with Crippen LogP contribution in [0.4, 0.5) is 0 Å². The molecule has 2 heterocycles. The second-order valence-electron chi connectivity index (χ2n) is 9.05. The van der Waals surface area contributed by atoms with Crippen molar-refractivity contribution in [2.75, 3.05) is 27.3 Å². The lowest BCUT2D eigenvalue weighted by Crippen LogP contribution is -2.44. The Morgan fingerprint density at radius 3 is 2.62 bits per heavy atom. The van der Waals surface area contributed by atoms with Crippen LogP contribution < -0.4 is 14.8 Å². The number of nitrogens with zero attached hydrogens (tertiary/aromatic N) is 2. The Labute approximate surface area is 191 Å². The van der Waals surface area contributed by atoms with E-state index in [0.717, 1.165) is 75.4 Å². The highest BCUT2D eigenvalue weighted by Crippen LogP contribution is 2.33. The van der Waals surface area contributed by atoms with Crippen LogP contribution in [-0.4, -0.2) is 43.1 Å². The fraction of sp³-hybridized carbons (Fsp3) is 0.538. The van der Waals surface area contributed by atoms with E-state index in [9.17, 15) is 4.79 Å². The summed E-state index contributed by atoms with van der Waals surface area (Å²) in [7, 11) is 3.33. The average molecular weight is 438 g/mol. The van der Waals surface area contributed by atoms with E-state index < -0.39 is 0 Å². The highest BCUT2D eigenvalue weighted by atomic mass is 16.5. The lowest BCUT2D eigenvalue weighted by atomic mass is 9.87. The van der Waals surface area contributed by atoms with Crippen molar-refractivity contribution in [2.24, 2.45) is 11.8 Å². The van der Waals surface area contributed by atoms with E-state index in [0.29, 0.717) is 5.92 Å². The fourth-order valence-corrected chi connectivity index (χ4v) is 5.20. The summed E-state index contributed by atoms with van der Waals surface area (Å²) in [6.07, 6.45) is 8.38. The number of likely N-dealkylation sites (tertiary alicyclic amines) is 1. The predicted octanol–water partition coefficient (Wildman–Crippen LogP) is 4.36. The first-order valence-corrected chi connectivity index (χ1v) is 11.8. The van der Waals surface area contributed by atoms with Gasteiger partial charge in [-0.15, -0.1) is 0 Å². The van der Waals surface area contributed by atoms with Crippen molar-refractivity contribution in [1.29, 1.82) is 0 Å². The number of nitrogens with one attached hydrogen (secondary N) is 1. The number of carbonyl (C=O) groups is 1. The quantitative estimate of drug-likeness (QED) is 0.665. The third-order valence-electron chi connectivity index (χ3n) is 6.90. The van der Waals surface area contributed by atoms with Crippen molar-refractivity contribution >= 4 is 5.91 Å². The summed E-state index contributed by atoms with van der Waals surface area (Å²) >= 11 is 0. The van der Waals surface area contributed by atoms with Crippen molar-refractivity contribution in [3.63, 3.8) is 0 Å². The van der Waals surface area contributed by atoms with Crippen LogP contribution in [0, 0.1) is 11.8 Å². The molecule has 2 unspecified atom stereocenters. The number of benzene rings is 1. The van der Waals surface area contributed by atoms with Crippen LogP contribution in [0.3, 0.4) is 0 Å². The number of hydrogen-bond acceptors (Lipinski definition) is 5. The fourth-order valence-electron chi connectivity index (χ4n) is 5.20. The molecular weight excluding hydrogens is 402 g/mol. The number of hydrogen-bond donors (Lipinski definition) is 1. The predicted molar refractivity (Wildman–Crippen MR) is 125 cm³/mol. The van der Waals surface area contributed by atoms with Crippen LogP contribution in [0.25, 0.3) is 0 Å². The number of rotatable bonds is 8. The van der Waals surface area contributed by atoms with Crippen molar-refractivity contribution in [3.8, 4) is 11.5 Å². The SMILES string of the molecule is COc1ccc(CN2CCCC(C(NC(=O)C3CCCC3)c3ccccn3)C2)cc1OC. The molecule has 0 radical (unpaired) electrons. The summed E-state index contributed by atoms with van der Waals surface area (Å²) < 4.78 is 10.8. The Bertz CT molecular complexity index is 883. The van der Waals surface area contributed by atoms with Gasteiger partial charge in [-0.1, -0.05) is 25.0 Å². The van der Waals surface area contributed by atoms with Gasteiger partial charge in [-0.25, -0.2) is 0 Å². The van der Waals surface area contributed by atoms with Gasteiger partial charge in [0.05, 0.1) is 26.0 Å². The highest BCUT2D eigenvalue weighted by molar-refractivity contribution is 5.79. The average Bonchev–Trinajstić information content (AvgIpc) is 3.38. The van der Waals surface area contributed by atoms with Gasteiger partial charge in [0, 0.05) is 25.2 Å². The number of pyridine rings is 1. The Hall–Kier alpha value is -2.60. The smallest absolute Gasteiger partial charge is 0.223 e. The summed E-state index contributed by atoms with van der Waals surface area (Å²) in [5.74, 6) is 2.21. The molecule has 2 atom stereocenters. The van der Waals surface area contributed by atoms with Gasteiger partial charge in [-0.05, 0) is 68.0 Å². The monoisotopic (exact) mass is 437 g/mol. The summed E-state index contributed by atoms with van der Waals surface area (Å²) in [5, 5.41) is 3.40. The van der Waals surface area contributed by atoms with E-state index in [1.54, 1.807) is 14.2 Å². The molecule has 2 aromatic rings. The molecule has 1 N–H and O–H groups in total. The molecule has 1 aliphatic heterocycles. The topological polar surface area (TPSA) is 63.7 Å². The second kappa shape index (κ2) is 10.8. The van der Waals surface area contributed by atoms with Crippen LogP contribution in [0.5, 0.6) is 11.5 Å². The first kappa shape index (κ1) is 22.6. The zero-order valence-electron chi connectivity index (χ0n) is 19.3. The minimum Gasteiger partial charge on any atom is -0.493 e. The maximum absolute atomic E-state index is 13.0. The van der Waals surface area contributed by atoms with Crippen molar-refractivity contribution < 1.29 is 14.3 Å². The van der Waals surface area contributed by atoms with E-state index in [-0.39, 0.29) is 17.9 Å². The Morgan fingerprint density at radius 2 is 1.91 bits per heavy atom. The standard InChI is InChI=1S/C26H35N3O3/c1-31-23-13-12-19(16-24(23)32-2)17-29-15-7-10-21(18-29)25(22-11-5-6-14-27-22)28-26(30)20-8-3-4-9-20/h5-6,11-14,16,20-21,25H,3-4,7-10,15,17-18H2,1-2H3,(H,28,30). The Kier molecular flexibility index (Phi) is 7.63. The number of methoxy groups -OCH3 is 2. The zero-order valence-corrected chi connectivity index (χ0v) is 19.3. The molecule has 32 heavy (non-hydrogen) atoms. The van der Waals surface area contributed by atoms with Crippen molar-refractivity contribution in [3.05, 3.63) is 53.9 Å². The van der Waals surface area contributed by atoms with Crippen molar-refractivity contribution in [1.82, 2.24) is 15.2 Å². The van der Waals surface area contributed by atoms with Crippen LogP contribution >= 0.6 is 0 Å². The largest absolute Gasteiger partial charge is 0.493 e. The number of carbonyl (C=O) groups excluding carboxylic acids is 1. The Morgan fingerprint density at radius 1 is 1.09 bits per heavy atom. The van der Waals surface area contributed by atoms with Gasteiger partial charge in [-0.3, -0.25) is 14.7 Å². The summed E-state index contributed by atoms with van der Waals surface area (Å²) in [6, 6.07) is 12.1. The molecule has 4 rings (SSSR count). The first-order valence-electron chi connectivity index (χ1n) is 11.8. The van der Waals surface area contributed by atoms with Gasteiger partial charge in [0.2, 0.25) is 5.91 Å². The van der Waals surface area contributed by atoms with Crippen LogP contribution in [0.15, 0.2) is 42.6 Å². The van der Waals surface area contributed by atoms with Crippen molar-refractivity contribution in [2.45, 2.75) is 51.1 Å². The minimum absolute atomic E-state index is 0.0440. The third kappa shape index (κ3) is 5.41. The maximum Gasteiger partial charge on any atom is 0.223 e. The molecule has 1 amide bonds. The van der Waals surface area contributed by atoms with Gasteiger partial charge >= 0.3 is 0 Å². The number of amides is 1. The number of ether oxygens (including phenoxy) is 2. The van der Waals surface area contributed by atoms with E-state index in [2.05, 4.69) is 27.3 Å². The molecule has 2 aliphatic rings. The molecule has 1 aromatic carbocycles. The molecule has 1 saturated heterocycles. The van der Waals surface area contributed by atoms with Crippen LogP contribution in [0.2, 0.25) is 0 Å². The maximum atomic E-state index is 13.0. The van der Waals surface area contributed by atoms with Gasteiger partial charge in [-0.2, -0.15) is 0 Å². The molecule has 1 saturated carbocycles. The normalized spacial score (nSPS) is 20.6. The highest BCUT2D eigenvalue weighted by Gasteiger charge is 2.33. The Balaban J connectivity index is 1.47. The molecule has 172 valence electrons. The van der Waals surface area contributed by atoms with Crippen LogP contribution in [-0.2, 0) is 11.3 Å². The van der Waals surface area contributed by atoms with Gasteiger partial charge in [0.25, 0.3) is 0 Å². The molecule has 0 bridgehead atoms. The van der Waals surface area contributed by atoms with Crippen LogP contribution in [0.1, 0.15) is 55.8 Å². The van der Waals surface area contributed by atoms with E-state index in [4.69, 9.17) is 9.47 Å².